The van der Waals surface area contributed by atoms with Crippen LogP contribution in [0.4, 0.5) is 45.8 Å². The first-order valence-electron chi connectivity index (χ1n) is 40.2. The number of nitrogens with zero attached hydrogens (tertiary/aromatic N) is 13. The molecule has 0 atom stereocenters. The fourth-order valence-electron chi connectivity index (χ4n) is 11.9. The quantitative estimate of drug-likeness (QED) is 0.0145. The molecule has 0 unspecified atom stereocenters. The van der Waals surface area contributed by atoms with Crippen LogP contribution in [0.2, 0.25) is 0 Å². The van der Waals surface area contributed by atoms with Gasteiger partial charge in [-0.1, -0.05) is 91.4 Å². The Hall–Kier alpha value is -4.22. The smallest absolute Gasteiger partial charge is 1.00 e. The average Bonchev–Trinajstić information content (AvgIpc) is 1.66. The van der Waals surface area contributed by atoms with Gasteiger partial charge in [0.05, 0.1) is 98.3 Å². The normalized spacial score (nSPS) is 14.3. The number of morpholine rings is 2. The molecule has 5 fully saturated rings. The maximum Gasteiger partial charge on any atom is 1.00 e. The Bertz CT molecular complexity index is 5370. The van der Waals surface area contributed by atoms with Crippen LogP contribution in [0.5, 0.6) is 11.8 Å². The number of methoxy groups -OCH3 is 2. The van der Waals surface area contributed by atoms with Crippen LogP contribution in [0, 0.1) is 0 Å². The number of ether oxygens (including phenoxy) is 6. The monoisotopic (exact) mass is 2310 g/mol. The number of piperazine rings is 3. The zero-order valence-electron chi connectivity index (χ0n) is 78.5. The fraction of sp³-hybridized carbons (Fsp3) is 0.488. The summed E-state index contributed by atoms with van der Waals surface area (Å²) in [7, 11) is -4.61. The number of rotatable bonds is 21. The number of thiophene rings is 2. The maximum atomic E-state index is 12.3. The summed E-state index contributed by atoms with van der Waals surface area (Å²) in [5.74, 6) is -1.47. The number of pyridine rings is 2. The third-order valence-electron chi connectivity index (χ3n) is 19.1. The first kappa shape index (κ1) is 133. The second-order valence-corrected chi connectivity index (χ2v) is 40.0. The number of hydrogen-bond acceptors (Lipinski definition) is 34. The van der Waals surface area contributed by atoms with Crippen LogP contribution < -0.4 is 216 Å². The first-order chi connectivity index (χ1) is 62.0. The molecule has 9 N–H and O–H groups in total. The van der Waals surface area contributed by atoms with Crippen LogP contribution in [0.3, 0.4) is 0 Å². The van der Waals surface area contributed by atoms with Gasteiger partial charge in [0, 0.05) is 153 Å². The molecule has 2 aromatic carbocycles. The van der Waals surface area contributed by atoms with Crippen molar-refractivity contribution in [3.63, 3.8) is 0 Å². The Morgan fingerprint density at radius 2 is 0.964 bits per heavy atom. The van der Waals surface area contributed by atoms with Crippen LogP contribution in [0.1, 0.15) is 82.8 Å². The van der Waals surface area contributed by atoms with Crippen LogP contribution in [-0.2, 0) is 85.9 Å². The molecule has 5 aliphatic heterocycles. The van der Waals surface area contributed by atoms with Crippen molar-refractivity contribution in [2.75, 3.05) is 182 Å². The Morgan fingerprint density at radius 1 is 0.613 bits per heavy atom. The zero-order valence-corrected chi connectivity index (χ0v) is 96.4. The van der Waals surface area contributed by atoms with Gasteiger partial charge in [-0.15, -0.1) is 22.7 Å². The van der Waals surface area contributed by atoms with Gasteiger partial charge in [-0.05, 0) is 114 Å². The van der Waals surface area contributed by atoms with E-state index in [9.17, 15) is 63.3 Å². The summed E-state index contributed by atoms with van der Waals surface area (Å²) in [6.07, 6.45) is 4.66. The number of fused-ring (bicyclic) bond motifs is 2. The number of primary amides is 3. The van der Waals surface area contributed by atoms with E-state index in [2.05, 4.69) is 111 Å². The predicted octanol–water partition coefficient (Wildman–Crippen LogP) is 0.855. The number of nitrogens with one attached hydrogen (secondary N) is 3. The number of alkyl halides is 2. The summed E-state index contributed by atoms with van der Waals surface area (Å²) in [6, 6.07) is 22.5. The third kappa shape index (κ3) is 45.5. The molecule has 0 bridgehead atoms. The van der Waals surface area contributed by atoms with E-state index in [1.165, 1.54) is 50.7 Å². The van der Waals surface area contributed by atoms with Crippen molar-refractivity contribution in [1.82, 2.24) is 60.1 Å². The van der Waals surface area contributed by atoms with Crippen molar-refractivity contribution in [2.45, 2.75) is 98.9 Å². The molecular formula is C82H117BBr3Cl2F3K3N19O20S4. The number of sulfonamides is 2. The first-order valence-corrected chi connectivity index (χ1v) is 49.0. The van der Waals surface area contributed by atoms with E-state index in [-0.39, 0.29) is 242 Å². The van der Waals surface area contributed by atoms with Gasteiger partial charge in [0.25, 0.3) is 6.47 Å². The summed E-state index contributed by atoms with van der Waals surface area (Å²) < 4.78 is 118. The topological polar surface area (TPSA) is 507 Å². The molecule has 137 heavy (non-hydrogen) atoms. The summed E-state index contributed by atoms with van der Waals surface area (Å²) in [6.45, 7) is 23.2. The molecule has 5 saturated heterocycles. The molecule has 0 aliphatic carbocycles. The van der Waals surface area contributed by atoms with E-state index in [1.54, 1.807) is 62.0 Å². The van der Waals surface area contributed by atoms with Crippen LogP contribution in [-0.4, -0.2) is 300 Å². The van der Waals surface area contributed by atoms with Crippen LogP contribution in [0.25, 0.3) is 42.9 Å². The number of hydrogen-bond donors (Lipinski definition) is 6. The zero-order chi connectivity index (χ0) is 98.5. The Kier molecular flexibility index (Phi) is 63.3. The Labute approximate surface area is 969 Å². The summed E-state index contributed by atoms with van der Waals surface area (Å²) >= 11 is 22.2. The molecule has 11 heterocycles. The van der Waals surface area contributed by atoms with E-state index in [0.29, 0.717) is 124 Å². The molecule has 0 radical (unpaired) electrons. The standard InChI is InChI=1S/C19H20BrN5O5S2.C17H18BrN5O4S2.C16H23N3O3.C12H16N2O2.C8H17N3O.C4H8BrNO.C2H3ClO.CH2BClF3.CH2O3.2CH4.3K.H/c1-11(26)25(32(3,27)28)14-8-12(9-21-18(14)29-2)15-17-16(13(20)10-31-17)23-19(22-15)24-4-6-30-7-5-24;1-26-16-12(22-29(2,24)25)7-10(8-19-16)13-15-14(11(18)9-28-15)21-17(20-13)23-3-5-27-6-4-23;1-16(2,14(17)20)19-10-8-18(9-11-19)15(21)22-12-13-6-4-3-5-7-13;15-12(14-8-6-13-7-9-14)16-10-11-4-2-1-3-5-11;1-8(2,7(9)12)11-5-3-10-4-6-11;1-4(2,5)3(6)7;1-2(3)4;3-1-2(4,5)6;2-1-4-3;;;;;;/h8-10H,4-7H2,1-3H3;7-9,22H,3-6H2,1-2H3;3-7H,8-12H2,1-2H3,(H2,17,20);1-5,13H,6-10H2;10H,3-6H2,1-2H3,(H2,9,12);1-2H3,(H2,6,7);1H3;1H2;1,3H;2*1H4;;;;/q;;;;;;;-1;;;;3*+1;-1/p-1. The number of carbonyl (C=O) groups is 8. The summed E-state index contributed by atoms with van der Waals surface area (Å²) in [5, 5.41) is 18.4. The minimum absolute atomic E-state index is 0. The van der Waals surface area contributed by atoms with E-state index >= 15 is 0 Å². The summed E-state index contributed by atoms with van der Waals surface area (Å²) in [5.41, 5.74) is 20.7. The number of halogens is 8. The van der Waals surface area contributed by atoms with Crippen LogP contribution in [0.15, 0.2) is 105 Å². The number of benzene rings is 2. The van der Waals surface area contributed by atoms with E-state index in [4.69, 9.17) is 75.6 Å². The second kappa shape index (κ2) is 65.3. The number of carbonyl (C=O) groups excluding carboxylic acids is 8. The molecule has 8 aromatic rings. The third-order valence-corrected chi connectivity index (χ3v) is 25.3. The van der Waals surface area contributed by atoms with Gasteiger partial charge >= 0.3 is 173 Å². The number of aromatic nitrogens is 6. The van der Waals surface area contributed by atoms with E-state index in [1.807, 2.05) is 95.1 Å². The predicted molar refractivity (Wildman–Crippen MR) is 524 cm³/mol. The molecule has 746 valence electrons. The van der Waals surface area contributed by atoms with Gasteiger partial charge in [0.2, 0.25) is 72.6 Å². The Balaban J connectivity index is 0. The van der Waals surface area contributed by atoms with Crippen molar-refractivity contribution in [1.29, 1.82) is 0 Å². The number of nitrogens with two attached hydrogens (primary N) is 3. The minimum atomic E-state index is -4.72. The van der Waals surface area contributed by atoms with Crippen molar-refractivity contribution in [2.24, 2.45) is 17.2 Å². The maximum absolute atomic E-state index is 12.3. The van der Waals surface area contributed by atoms with Crippen molar-refractivity contribution in [3.05, 3.63) is 116 Å². The minimum Gasteiger partial charge on any atom is -1.00 e. The van der Waals surface area contributed by atoms with Gasteiger partial charge in [-0.25, -0.2) is 60.6 Å². The largest absolute Gasteiger partial charge is 1.00 e. The van der Waals surface area contributed by atoms with Crippen molar-refractivity contribution in [3.8, 4) is 34.3 Å². The Morgan fingerprint density at radius 3 is 1.29 bits per heavy atom. The summed E-state index contributed by atoms with van der Waals surface area (Å²) in [4.78, 5) is 128. The van der Waals surface area contributed by atoms with Gasteiger partial charge in [0.15, 0.2) is 0 Å². The number of amides is 6. The fourth-order valence-corrected chi connectivity index (χ4v) is 16.5. The molecule has 55 heteroatoms. The van der Waals surface area contributed by atoms with Gasteiger partial charge in [-0.3, -0.25) is 43.3 Å². The molecule has 0 saturated carbocycles. The SMILES string of the molecule is C.C.CC(=O)Cl.CC(C)(Br)C(N)=O.CC(C)(C(N)=O)N1CCN(C(=O)OCc2ccccc2)CC1.CC(C)(C(N)=O)N1CCNCC1.COc1ncc(-c2nc(N3CCOCC3)nc3c(Br)csc23)cc1N(C(C)=O)S(C)(=O)=O.COc1ncc(-c2nc(N3CCOCC3)nc3c(Br)csc23)cc1NS(C)(=O)=O.F[B-](F)(F)CCl.O=C(OCc1ccccc1)N1CCNCC1.O=CO[O-].[H-].[K+].[K+].[K+]. The van der Waals surface area contributed by atoms with E-state index < -0.39 is 54.1 Å². The number of anilines is 4. The molecule has 39 nitrogen and oxygen atoms in total. The average molecular weight is 2310 g/mol. The van der Waals surface area contributed by atoms with Crippen molar-refractivity contribution < 1.29 is 262 Å². The molecule has 0 spiro atoms. The molecule has 6 aromatic heterocycles. The van der Waals surface area contributed by atoms with Gasteiger partial charge in [-0.2, -0.15) is 11.6 Å². The molecule has 13 rings (SSSR count). The van der Waals surface area contributed by atoms with Crippen LogP contribution >= 0.6 is 93.7 Å². The second-order valence-electron chi connectivity index (χ2n) is 30.2. The van der Waals surface area contributed by atoms with Gasteiger partial charge < -0.3 is 100 Å². The van der Waals surface area contributed by atoms with Gasteiger partial charge in [0.1, 0.15) is 35.6 Å². The molecule has 6 amide bonds. The van der Waals surface area contributed by atoms with Crippen molar-refractivity contribution >= 4 is 212 Å². The molecular weight excluding hydrogens is 2200 g/mol. The van der Waals surface area contributed by atoms with E-state index in [0.717, 1.165) is 105 Å². The molecule has 5 aliphatic rings.